The molecule has 0 atom stereocenters. The van der Waals surface area contributed by atoms with Gasteiger partial charge >= 0.3 is 0 Å². The summed E-state index contributed by atoms with van der Waals surface area (Å²) >= 11 is 1.46. The van der Waals surface area contributed by atoms with Gasteiger partial charge in [0, 0.05) is 11.8 Å². The Hall–Kier alpha value is -2.02. The molecule has 1 aromatic carbocycles. The molecular formula is C18H22FN3O2S. The van der Waals surface area contributed by atoms with Crippen LogP contribution in [-0.4, -0.2) is 33.8 Å². The third-order valence-electron chi connectivity index (χ3n) is 4.16. The number of ether oxygens (including phenoxy) is 1. The molecule has 1 aromatic heterocycles. The number of benzene rings is 1. The Bertz CT molecular complexity index is 701. The van der Waals surface area contributed by atoms with Gasteiger partial charge in [0.2, 0.25) is 5.91 Å². The average molecular weight is 363 g/mol. The van der Waals surface area contributed by atoms with Crippen LogP contribution >= 0.6 is 11.8 Å². The van der Waals surface area contributed by atoms with Crippen LogP contribution in [0.4, 0.5) is 10.2 Å². The molecule has 0 unspecified atom stereocenters. The average Bonchev–Trinajstić information content (AvgIpc) is 3.27. The molecule has 2 aromatic rings. The zero-order valence-electron chi connectivity index (χ0n) is 14.0. The summed E-state index contributed by atoms with van der Waals surface area (Å²) in [6.45, 7) is 0.360. The minimum atomic E-state index is -0.370. The Morgan fingerprint density at radius 2 is 2.12 bits per heavy atom. The van der Waals surface area contributed by atoms with Crippen LogP contribution in [0.5, 0.6) is 5.75 Å². The van der Waals surface area contributed by atoms with E-state index in [2.05, 4.69) is 10.4 Å². The highest BCUT2D eigenvalue weighted by Gasteiger charge is 2.20. The van der Waals surface area contributed by atoms with Gasteiger partial charge in [-0.05, 0) is 25.0 Å². The fourth-order valence-electron chi connectivity index (χ4n) is 2.97. The Morgan fingerprint density at radius 1 is 1.32 bits per heavy atom. The van der Waals surface area contributed by atoms with Crippen LogP contribution in [0.25, 0.3) is 0 Å². The highest BCUT2D eigenvalue weighted by molar-refractivity contribution is 7.99. The third kappa shape index (κ3) is 4.98. The lowest BCUT2D eigenvalue weighted by atomic mass is 10.2. The van der Waals surface area contributed by atoms with Crippen LogP contribution in [0.15, 0.2) is 36.5 Å². The lowest BCUT2D eigenvalue weighted by Gasteiger charge is -2.14. The predicted molar refractivity (Wildman–Crippen MR) is 97.6 cm³/mol. The van der Waals surface area contributed by atoms with Crippen molar-refractivity contribution in [2.75, 3.05) is 23.4 Å². The SMILES string of the molecule is O=C(CSCCOc1ccccc1F)Nc1ccnn1C1CCCC1. The van der Waals surface area contributed by atoms with Crippen LogP contribution in [-0.2, 0) is 4.79 Å². The van der Waals surface area contributed by atoms with E-state index < -0.39 is 0 Å². The minimum absolute atomic E-state index is 0.0596. The number of carbonyl (C=O) groups is 1. The molecule has 3 rings (SSSR count). The molecule has 1 amide bonds. The van der Waals surface area contributed by atoms with E-state index in [1.807, 2.05) is 10.7 Å². The summed E-state index contributed by atoms with van der Waals surface area (Å²) in [5.41, 5.74) is 0. The van der Waals surface area contributed by atoms with E-state index in [0.29, 0.717) is 24.2 Å². The molecule has 134 valence electrons. The van der Waals surface area contributed by atoms with Crippen molar-refractivity contribution in [1.82, 2.24) is 9.78 Å². The minimum Gasteiger partial charge on any atom is -0.490 e. The van der Waals surface area contributed by atoms with E-state index in [9.17, 15) is 9.18 Å². The molecule has 1 saturated carbocycles. The van der Waals surface area contributed by atoms with Crippen LogP contribution < -0.4 is 10.1 Å². The van der Waals surface area contributed by atoms with Crippen LogP contribution in [0, 0.1) is 5.82 Å². The molecule has 1 heterocycles. The van der Waals surface area contributed by atoms with Crippen molar-refractivity contribution in [2.45, 2.75) is 31.7 Å². The van der Waals surface area contributed by atoms with Crippen molar-refractivity contribution in [3.05, 3.63) is 42.3 Å². The van der Waals surface area contributed by atoms with E-state index in [-0.39, 0.29) is 17.5 Å². The lowest BCUT2D eigenvalue weighted by molar-refractivity contribution is -0.113. The highest BCUT2D eigenvalue weighted by Crippen LogP contribution is 2.31. The highest BCUT2D eigenvalue weighted by atomic mass is 32.2. The van der Waals surface area contributed by atoms with Crippen molar-refractivity contribution in [2.24, 2.45) is 0 Å². The van der Waals surface area contributed by atoms with Crippen molar-refractivity contribution in [3.8, 4) is 5.75 Å². The molecule has 5 nitrogen and oxygen atoms in total. The van der Waals surface area contributed by atoms with Crippen molar-refractivity contribution in [3.63, 3.8) is 0 Å². The zero-order valence-corrected chi connectivity index (χ0v) is 14.8. The molecule has 7 heteroatoms. The number of thioether (sulfide) groups is 1. The zero-order chi connectivity index (χ0) is 17.5. The first-order valence-corrected chi connectivity index (χ1v) is 9.68. The first-order chi connectivity index (χ1) is 12.2. The van der Waals surface area contributed by atoms with Crippen molar-refractivity contribution < 1.29 is 13.9 Å². The number of carbonyl (C=O) groups excluding carboxylic acids is 1. The van der Waals surface area contributed by atoms with Crippen LogP contribution in [0.2, 0.25) is 0 Å². The Balaban J connectivity index is 1.37. The first kappa shape index (κ1) is 17.8. The van der Waals surface area contributed by atoms with Crippen molar-refractivity contribution in [1.29, 1.82) is 0 Å². The summed E-state index contributed by atoms with van der Waals surface area (Å²) in [6, 6.07) is 8.54. The molecule has 0 saturated heterocycles. The maximum Gasteiger partial charge on any atom is 0.235 e. The van der Waals surface area contributed by atoms with Gasteiger partial charge in [-0.3, -0.25) is 4.79 Å². The standard InChI is InChI=1S/C18H22FN3O2S/c19-15-7-3-4-8-16(15)24-11-12-25-13-18(23)21-17-9-10-20-22(17)14-5-1-2-6-14/h3-4,7-10,14H,1-2,5-6,11-13H2,(H,21,23). The van der Waals surface area contributed by atoms with E-state index >= 15 is 0 Å². The number of hydrogen-bond acceptors (Lipinski definition) is 4. The van der Waals surface area contributed by atoms with Crippen LogP contribution in [0.3, 0.4) is 0 Å². The molecule has 0 spiro atoms. The summed E-state index contributed by atoms with van der Waals surface area (Å²) in [5, 5.41) is 7.27. The van der Waals surface area contributed by atoms with Crippen molar-refractivity contribution >= 4 is 23.5 Å². The van der Waals surface area contributed by atoms with Gasteiger partial charge in [-0.1, -0.05) is 25.0 Å². The molecule has 25 heavy (non-hydrogen) atoms. The fraction of sp³-hybridized carbons (Fsp3) is 0.444. The normalized spacial score (nSPS) is 14.6. The summed E-state index contributed by atoms with van der Waals surface area (Å²) in [4.78, 5) is 12.1. The molecule has 0 aliphatic heterocycles. The monoisotopic (exact) mass is 363 g/mol. The van der Waals surface area contributed by atoms with E-state index in [1.54, 1.807) is 24.4 Å². The maximum atomic E-state index is 13.4. The Morgan fingerprint density at radius 3 is 2.92 bits per heavy atom. The van der Waals surface area contributed by atoms with E-state index in [0.717, 1.165) is 18.7 Å². The second-order valence-electron chi connectivity index (χ2n) is 5.98. The Labute approximate surface area is 150 Å². The quantitative estimate of drug-likeness (QED) is 0.723. The van der Waals surface area contributed by atoms with Gasteiger partial charge < -0.3 is 10.1 Å². The number of anilines is 1. The number of halogens is 1. The van der Waals surface area contributed by atoms with Gasteiger partial charge in [0.05, 0.1) is 24.6 Å². The molecule has 1 fully saturated rings. The topological polar surface area (TPSA) is 56.1 Å². The number of rotatable bonds is 8. The van der Waals surface area contributed by atoms with Gasteiger partial charge in [-0.25, -0.2) is 9.07 Å². The fourth-order valence-corrected chi connectivity index (χ4v) is 3.57. The first-order valence-electron chi connectivity index (χ1n) is 8.52. The predicted octanol–water partition coefficient (Wildman–Crippen LogP) is 3.89. The molecule has 0 bridgehead atoms. The van der Waals surface area contributed by atoms with Gasteiger partial charge in [-0.15, -0.1) is 11.8 Å². The number of amides is 1. The number of hydrogen-bond donors (Lipinski definition) is 1. The summed E-state index contributed by atoms with van der Waals surface area (Å²) in [7, 11) is 0. The largest absolute Gasteiger partial charge is 0.490 e. The second kappa shape index (κ2) is 8.89. The second-order valence-corrected chi connectivity index (χ2v) is 7.08. The van der Waals surface area contributed by atoms with Gasteiger partial charge in [0.15, 0.2) is 11.6 Å². The van der Waals surface area contributed by atoms with Gasteiger partial charge in [0.1, 0.15) is 5.82 Å². The number of nitrogens with one attached hydrogen (secondary N) is 1. The molecule has 1 N–H and O–H groups in total. The summed E-state index contributed by atoms with van der Waals surface area (Å²) < 4.78 is 20.7. The van der Waals surface area contributed by atoms with E-state index in [4.69, 9.17) is 4.74 Å². The Kier molecular flexibility index (Phi) is 6.33. The lowest BCUT2D eigenvalue weighted by Crippen LogP contribution is -2.19. The molecule has 1 aliphatic rings. The molecule has 1 aliphatic carbocycles. The summed E-state index contributed by atoms with van der Waals surface area (Å²) in [5.74, 6) is 1.52. The van der Waals surface area contributed by atoms with Gasteiger partial charge in [0.25, 0.3) is 0 Å². The number of para-hydroxylation sites is 1. The van der Waals surface area contributed by atoms with Gasteiger partial charge in [-0.2, -0.15) is 5.10 Å². The molecule has 0 radical (unpaired) electrons. The van der Waals surface area contributed by atoms with E-state index in [1.165, 1.54) is 30.7 Å². The third-order valence-corrected chi connectivity index (χ3v) is 5.09. The number of aromatic nitrogens is 2. The molecular weight excluding hydrogens is 341 g/mol. The number of nitrogens with zero attached hydrogens (tertiary/aromatic N) is 2. The van der Waals surface area contributed by atoms with Crippen LogP contribution in [0.1, 0.15) is 31.7 Å². The summed E-state index contributed by atoms with van der Waals surface area (Å²) in [6.07, 6.45) is 6.40. The smallest absolute Gasteiger partial charge is 0.235 e. The maximum absolute atomic E-state index is 13.4.